The van der Waals surface area contributed by atoms with E-state index >= 15 is 0 Å². The van der Waals surface area contributed by atoms with E-state index in [0.29, 0.717) is 15.1 Å². The minimum absolute atomic E-state index is 0.187. The third-order valence-electron chi connectivity index (χ3n) is 3.06. The first-order valence-electron chi connectivity index (χ1n) is 5.70. The molecule has 2 aromatic rings. The molecule has 2 rings (SSSR count). The summed E-state index contributed by atoms with van der Waals surface area (Å²) in [7, 11) is 0. The highest BCUT2D eigenvalue weighted by Gasteiger charge is 2.16. The van der Waals surface area contributed by atoms with Crippen molar-refractivity contribution in [1.29, 1.82) is 0 Å². The molecule has 0 aliphatic rings. The Hall–Kier alpha value is -0.770. The molecule has 100 valence electrons. The monoisotopic (exact) mass is 314 g/mol. The quantitative estimate of drug-likeness (QED) is 0.646. The van der Waals surface area contributed by atoms with Gasteiger partial charge in [0.05, 0.1) is 16.1 Å². The molecular weight excluding hydrogens is 303 g/mol. The Bertz CT molecular complexity index is 599. The van der Waals surface area contributed by atoms with Crippen molar-refractivity contribution >= 4 is 34.8 Å². The summed E-state index contributed by atoms with van der Waals surface area (Å²) in [5.74, 6) is 5.67. The normalized spacial score (nSPS) is 12.5. The molecule has 0 saturated heterocycles. The van der Waals surface area contributed by atoms with Gasteiger partial charge in [-0.05, 0) is 41.8 Å². The third kappa shape index (κ3) is 3.04. The van der Waals surface area contributed by atoms with Gasteiger partial charge in [0.25, 0.3) is 0 Å². The van der Waals surface area contributed by atoms with E-state index in [4.69, 9.17) is 40.6 Å². The van der Waals surface area contributed by atoms with Crippen LogP contribution in [0.25, 0.3) is 0 Å². The molecule has 0 saturated carbocycles. The SMILES string of the molecule is Cc1c(Cl)cccc1C(NN)c1ccc(Cl)c(Cl)c1. The van der Waals surface area contributed by atoms with Gasteiger partial charge in [-0.25, -0.2) is 5.43 Å². The molecule has 1 atom stereocenters. The maximum absolute atomic E-state index is 6.14. The van der Waals surface area contributed by atoms with Crippen LogP contribution in [0.2, 0.25) is 15.1 Å². The molecule has 0 radical (unpaired) electrons. The van der Waals surface area contributed by atoms with Crippen molar-refractivity contribution in [3.8, 4) is 0 Å². The molecule has 0 fully saturated rings. The molecule has 0 heterocycles. The summed E-state index contributed by atoms with van der Waals surface area (Å²) in [5.41, 5.74) is 5.71. The first kappa shape index (κ1) is 14.6. The number of rotatable bonds is 3. The summed E-state index contributed by atoms with van der Waals surface area (Å²) in [6.45, 7) is 1.96. The molecular formula is C14H13Cl3N2. The lowest BCUT2D eigenvalue weighted by molar-refractivity contribution is 0.634. The van der Waals surface area contributed by atoms with Crippen LogP contribution < -0.4 is 11.3 Å². The van der Waals surface area contributed by atoms with Crippen LogP contribution in [-0.4, -0.2) is 0 Å². The maximum Gasteiger partial charge on any atom is 0.0713 e. The summed E-state index contributed by atoms with van der Waals surface area (Å²) < 4.78 is 0. The van der Waals surface area contributed by atoms with Gasteiger partial charge < -0.3 is 0 Å². The van der Waals surface area contributed by atoms with Crippen molar-refractivity contribution in [2.75, 3.05) is 0 Å². The molecule has 0 amide bonds. The van der Waals surface area contributed by atoms with Crippen LogP contribution in [0.15, 0.2) is 36.4 Å². The highest BCUT2D eigenvalue weighted by atomic mass is 35.5. The second kappa shape index (κ2) is 6.12. The van der Waals surface area contributed by atoms with Crippen LogP contribution in [-0.2, 0) is 0 Å². The lowest BCUT2D eigenvalue weighted by Gasteiger charge is -2.20. The molecule has 5 heteroatoms. The van der Waals surface area contributed by atoms with E-state index in [1.165, 1.54) is 0 Å². The summed E-state index contributed by atoms with van der Waals surface area (Å²) in [6.07, 6.45) is 0. The van der Waals surface area contributed by atoms with Gasteiger partial charge in [0.1, 0.15) is 0 Å². The van der Waals surface area contributed by atoms with Gasteiger partial charge in [0, 0.05) is 5.02 Å². The van der Waals surface area contributed by atoms with Gasteiger partial charge in [0.15, 0.2) is 0 Å². The Morgan fingerprint density at radius 3 is 2.37 bits per heavy atom. The molecule has 0 aliphatic carbocycles. The van der Waals surface area contributed by atoms with E-state index in [9.17, 15) is 0 Å². The van der Waals surface area contributed by atoms with Crippen LogP contribution in [0, 0.1) is 6.92 Å². The summed E-state index contributed by atoms with van der Waals surface area (Å²) >= 11 is 18.1. The van der Waals surface area contributed by atoms with Crippen molar-refractivity contribution in [3.05, 3.63) is 68.2 Å². The fourth-order valence-electron chi connectivity index (χ4n) is 1.99. The number of benzene rings is 2. The van der Waals surface area contributed by atoms with Crippen LogP contribution in [0.1, 0.15) is 22.7 Å². The molecule has 0 spiro atoms. The second-order valence-electron chi connectivity index (χ2n) is 4.23. The predicted octanol–water partition coefficient (Wildman–Crippen LogP) is 4.51. The molecule has 1 unspecified atom stereocenters. The molecule has 0 aliphatic heterocycles. The zero-order chi connectivity index (χ0) is 14.0. The standard InChI is InChI=1S/C14H13Cl3N2/c1-8-10(3-2-4-11(8)15)14(19-18)9-5-6-12(16)13(17)7-9/h2-7,14,19H,18H2,1H3. The van der Waals surface area contributed by atoms with Crippen LogP contribution >= 0.6 is 34.8 Å². The van der Waals surface area contributed by atoms with Gasteiger partial charge in [-0.2, -0.15) is 0 Å². The van der Waals surface area contributed by atoms with E-state index < -0.39 is 0 Å². The molecule has 2 nitrogen and oxygen atoms in total. The number of nitrogens with one attached hydrogen (secondary N) is 1. The van der Waals surface area contributed by atoms with Gasteiger partial charge in [0.2, 0.25) is 0 Å². The molecule has 19 heavy (non-hydrogen) atoms. The van der Waals surface area contributed by atoms with Crippen molar-refractivity contribution in [2.45, 2.75) is 13.0 Å². The fourth-order valence-corrected chi connectivity index (χ4v) is 2.48. The highest BCUT2D eigenvalue weighted by Crippen LogP contribution is 2.31. The summed E-state index contributed by atoms with van der Waals surface area (Å²) in [4.78, 5) is 0. The Morgan fingerprint density at radius 1 is 1.00 bits per heavy atom. The second-order valence-corrected chi connectivity index (χ2v) is 5.45. The van der Waals surface area contributed by atoms with Crippen LogP contribution in [0.4, 0.5) is 0 Å². The summed E-state index contributed by atoms with van der Waals surface area (Å²) in [5, 5.41) is 1.72. The highest BCUT2D eigenvalue weighted by molar-refractivity contribution is 6.42. The third-order valence-corrected chi connectivity index (χ3v) is 4.21. The lowest BCUT2D eigenvalue weighted by Crippen LogP contribution is -2.29. The lowest BCUT2D eigenvalue weighted by atomic mass is 9.95. The van der Waals surface area contributed by atoms with E-state index in [1.807, 2.05) is 31.2 Å². The van der Waals surface area contributed by atoms with E-state index in [0.717, 1.165) is 16.7 Å². The minimum atomic E-state index is -0.187. The van der Waals surface area contributed by atoms with Crippen molar-refractivity contribution in [1.82, 2.24) is 5.43 Å². The zero-order valence-electron chi connectivity index (χ0n) is 10.3. The zero-order valence-corrected chi connectivity index (χ0v) is 12.5. The molecule has 2 aromatic carbocycles. The van der Waals surface area contributed by atoms with E-state index in [2.05, 4.69) is 5.43 Å². The minimum Gasteiger partial charge on any atom is -0.271 e. The first-order valence-corrected chi connectivity index (χ1v) is 6.84. The predicted molar refractivity (Wildman–Crippen MR) is 81.8 cm³/mol. The van der Waals surface area contributed by atoms with Crippen molar-refractivity contribution < 1.29 is 0 Å². The van der Waals surface area contributed by atoms with Crippen molar-refractivity contribution in [3.63, 3.8) is 0 Å². The Balaban J connectivity index is 2.50. The molecule has 0 aromatic heterocycles. The Kier molecular flexibility index (Phi) is 4.71. The van der Waals surface area contributed by atoms with Crippen LogP contribution in [0.5, 0.6) is 0 Å². The average Bonchev–Trinajstić information content (AvgIpc) is 2.39. The maximum atomic E-state index is 6.14. The first-order chi connectivity index (χ1) is 9.04. The van der Waals surface area contributed by atoms with Gasteiger partial charge in [-0.3, -0.25) is 5.84 Å². The number of hydrogen-bond donors (Lipinski definition) is 2. The van der Waals surface area contributed by atoms with Crippen LogP contribution in [0.3, 0.4) is 0 Å². The Labute approximate surface area is 127 Å². The molecule has 3 N–H and O–H groups in total. The number of nitrogens with two attached hydrogens (primary N) is 1. The smallest absolute Gasteiger partial charge is 0.0713 e. The van der Waals surface area contributed by atoms with Gasteiger partial charge >= 0.3 is 0 Å². The van der Waals surface area contributed by atoms with Crippen molar-refractivity contribution in [2.24, 2.45) is 5.84 Å². The molecule has 0 bridgehead atoms. The number of hydrazine groups is 1. The largest absolute Gasteiger partial charge is 0.271 e. The van der Waals surface area contributed by atoms with Gasteiger partial charge in [-0.1, -0.05) is 53.0 Å². The number of halogens is 3. The fraction of sp³-hybridized carbons (Fsp3) is 0.143. The average molecular weight is 316 g/mol. The van der Waals surface area contributed by atoms with E-state index in [-0.39, 0.29) is 6.04 Å². The Morgan fingerprint density at radius 2 is 1.74 bits per heavy atom. The van der Waals surface area contributed by atoms with Gasteiger partial charge in [-0.15, -0.1) is 0 Å². The number of hydrogen-bond acceptors (Lipinski definition) is 2. The topological polar surface area (TPSA) is 38.0 Å². The summed E-state index contributed by atoms with van der Waals surface area (Å²) in [6, 6.07) is 11.0. The van der Waals surface area contributed by atoms with E-state index in [1.54, 1.807) is 12.1 Å².